The number of hydrogen-bond donors (Lipinski definition) is 5. The average molecular weight is 411 g/mol. The zero-order valence-electron chi connectivity index (χ0n) is 16.1. The fourth-order valence-corrected chi connectivity index (χ4v) is 2.24. The first-order valence-corrected chi connectivity index (χ1v) is 8.64. The molecule has 0 aromatic heterocycles. The van der Waals surface area contributed by atoms with Crippen molar-refractivity contribution in [3.05, 3.63) is 70.8 Å². The van der Waals surface area contributed by atoms with E-state index >= 15 is 0 Å². The molecule has 0 atom stereocenters. The minimum atomic E-state index is -1.19. The molecule has 30 heavy (non-hydrogen) atoms. The van der Waals surface area contributed by atoms with Crippen LogP contribution in [0.15, 0.2) is 54.1 Å². The van der Waals surface area contributed by atoms with Crippen LogP contribution in [0.3, 0.4) is 0 Å². The number of para-hydroxylation sites is 1. The van der Waals surface area contributed by atoms with Crippen molar-refractivity contribution in [3.63, 3.8) is 0 Å². The summed E-state index contributed by atoms with van der Waals surface area (Å²) in [6, 6.07) is 15.3. The van der Waals surface area contributed by atoms with Crippen molar-refractivity contribution in [2.24, 2.45) is 0 Å². The van der Waals surface area contributed by atoms with Crippen molar-refractivity contribution in [3.8, 4) is 6.07 Å². The lowest BCUT2D eigenvalue weighted by Crippen LogP contribution is -2.30. The number of aliphatic carboxylic acids is 1. The zero-order chi connectivity index (χ0) is 22.5. The number of carbonyl (C=O) groups is 3. The first-order valence-electron chi connectivity index (χ1n) is 8.64. The molecule has 0 fully saturated rings. The highest BCUT2D eigenvalue weighted by Crippen LogP contribution is 2.24. The molecule has 0 aliphatic heterocycles. The van der Waals surface area contributed by atoms with Crippen LogP contribution in [0.1, 0.15) is 23.6 Å². The summed E-state index contributed by atoms with van der Waals surface area (Å²) in [6.45, 7) is 0.742. The second kappa shape index (κ2) is 12.3. The molecule has 9 heteroatoms. The van der Waals surface area contributed by atoms with E-state index in [1.54, 1.807) is 42.5 Å². The number of nitrogens with one attached hydrogen (secondary N) is 2. The highest BCUT2D eigenvalue weighted by Gasteiger charge is 2.15. The number of benzene rings is 2. The van der Waals surface area contributed by atoms with Gasteiger partial charge in [0.2, 0.25) is 6.41 Å². The summed E-state index contributed by atoms with van der Waals surface area (Å²) >= 11 is 0. The van der Waals surface area contributed by atoms with Crippen LogP contribution in [0.5, 0.6) is 0 Å². The van der Waals surface area contributed by atoms with Gasteiger partial charge in [0.05, 0.1) is 29.5 Å². The summed E-state index contributed by atoms with van der Waals surface area (Å²) in [6.07, 6.45) is 0.450. The molecule has 0 saturated carbocycles. The molecule has 5 N–H and O–H groups in total. The molecule has 0 unspecified atom stereocenters. The number of anilines is 1. The van der Waals surface area contributed by atoms with Crippen LogP contribution in [0.2, 0.25) is 0 Å². The third kappa shape index (κ3) is 7.10. The van der Waals surface area contributed by atoms with Gasteiger partial charge in [-0.2, -0.15) is 5.26 Å². The van der Waals surface area contributed by atoms with Crippen LogP contribution in [-0.4, -0.2) is 40.2 Å². The maximum atomic E-state index is 11.6. The molecule has 0 aliphatic carbocycles. The molecule has 0 saturated heterocycles. The van der Waals surface area contributed by atoms with Crippen LogP contribution in [-0.2, 0) is 21.0 Å². The summed E-state index contributed by atoms with van der Waals surface area (Å²) in [5.41, 5.74) is 1.79. The molecule has 0 bridgehead atoms. The molecule has 156 valence electrons. The number of nitriles is 1. The summed E-state index contributed by atoms with van der Waals surface area (Å²) in [5, 5.41) is 40.2. The van der Waals surface area contributed by atoms with E-state index in [0.29, 0.717) is 23.2 Å². The Hall–Kier alpha value is -4.16. The number of hydrogen-bond acceptors (Lipinski definition) is 6. The molecule has 0 spiro atoms. The number of rotatable bonds is 7. The van der Waals surface area contributed by atoms with E-state index in [1.807, 2.05) is 6.07 Å². The summed E-state index contributed by atoms with van der Waals surface area (Å²) in [5.74, 6) is -2.22. The summed E-state index contributed by atoms with van der Waals surface area (Å²) in [7, 11) is 0. The van der Waals surface area contributed by atoms with E-state index in [9.17, 15) is 19.5 Å². The summed E-state index contributed by atoms with van der Waals surface area (Å²) in [4.78, 5) is 32.5. The third-order valence-corrected chi connectivity index (χ3v) is 3.80. The standard InChI is InChI=1S/C13H14N2O5.C8H7NO/c1-8(13(20)14-6-11(17)18)12(19)9-4-2-3-5-10(9)15-7-16;9-5-7-3-1-2-4-8(7)6-10/h2-5,7,19H,6H2,1H3,(H,14,20)(H,15,16)(H,17,18);1-4,10H,6H2/b12-8-;. The Morgan fingerprint density at radius 3 is 2.30 bits per heavy atom. The van der Waals surface area contributed by atoms with Gasteiger partial charge in [0.25, 0.3) is 5.91 Å². The highest BCUT2D eigenvalue weighted by atomic mass is 16.4. The van der Waals surface area contributed by atoms with Gasteiger partial charge in [-0.3, -0.25) is 14.4 Å². The van der Waals surface area contributed by atoms with Gasteiger partial charge in [0.15, 0.2) is 0 Å². The van der Waals surface area contributed by atoms with E-state index < -0.39 is 18.4 Å². The van der Waals surface area contributed by atoms with Crippen molar-refractivity contribution in [2.75, 3.05) is 11.9 Å². The first kappa shape index (κ1) is 23.9. The second-order valence-corrected chi connectivity index (χ2v) is 5.78. The first-order chi connectivity index (χ1) is 14.3. The quantitative estimate of drug-likeness (QED) is 0.264. The second-order valence-electron chi connectivity index (χ2n) is 5.78. The minimum Gasteiger partial charge on any atom is -0.507 e. The van der Waals surface area contributed by atoms with E-state index in [0.717, 1.165) is 0 Å². The molecule has 0 radical (unpaired) electrons. The van der Waals surface area contributed by atoms with E-state index in [2.05, 4.69) is 10.6 Å². The predicted molar refractivity (Wildman–Crippen MR) is 109 cm³/mol. The lowest BCUT2D eigenvalue weighted by Gasteiger charge is -2.10. The number of nitrogens with zero attached hydrogens (tertiary/aromatic N) is 1. The Balaban J connectivity index is 0.000000375. The fourth-order valence-electron chi connectivity index (χ4n) is 2.24. The molecule has 2 rings (SSSR count). The number of carbonyl (C=O) groups excluding carboxylic acids is 2. The molecular formula is C21H21N3O6. The van der Waals surface area contributed by atoms with Crippen LogP contribution < -0.4 is 10.6 Å². The fraction of sp³-hybridized carbons (Fsp3) is 0.143. The zero-order valence-corrected chi connectivity index (χ0v) is 16.1. The smallest absolute Gasteiger partial charge is 0.322 e. The Kier molecular flexibility index (Phi) is 9.81. The van der Waals surface area contributed by atoms with Gasteiger partial charge in [-0.25, -0.2) is 0 Å². The predicted octanol–water partition coefficient (Wildman–Crippen LogP) is 1.80. The number of amides is 2. The minimum absolute atomic E-state index is 0.0496. The van der Waals surface area contributed by atoms with Gasteiger partial charge < -0.3 is 26.0 Å². The Labute approximate surface area is 172 Å². The molecule has 9 nitrogen and oxygen atoms in total. The Morgan fingerprint density at radius 2 is 1.73 bits per heavy atom. The number of aliphatic hydroxyl groups is 2. The van der Waals surface area contributed by atoms with E-state index in [4.69, 9.17) is 15.5 Å². The van der Waals surface area contributed by atoms with Crippen LogP contribution >= 0.6 is 0 Å². The van der Waals surface area contributed by atoms with Gasteiger partial charge in [0.1, 0.15) is 12.3 Å². The third-order valence-electron chi connectivity index (χ3n) is 3.80. The SMILES string of the molecule is C/C(C(=O)NCC(=O)O)=C(/O)c1ccccc1NC=O.N#Cc1ccccc1CO. The lowest BCUT2D eigenvalue weighted by atomic mass is 10.1. The van der Waals surface area contributed by atoms with Gasteiger partial charge in [-0.15, -0.1) is 0 Å². The molecular weight excluding hydrogens is 390 g/mol. The molecule has 2 aromatic carbocycles. The average Bonchev–Trinajstić information content (AvgIpc) is 2.77. The van der Waals surface area contributed by atoms with Crippen molar-refractivity contribution in [1.29, 1.82) is 5.26 Å². The van der Waals surface area contributed by atoms with Gasteiger partial charge in [-0.05, 0) is 30.7 Å². The van der Waals surface area contributed by atoms with Crippen LogP contribution in [0.4, 0.5) is 5.69 Å². The monoisotopic (exact) mass is 411 g/mol. The Morgan fingerprint density at radius 1 is 1.10 bits per heavy atom. The van der Waals surface area contributed by atoms with Crippen LogP contribution in [0.25, 0.3) is 5.76 Å². The van der Waals surface area contributed by atoms with Crippen LogP contribution in [0, 0.1) is 11.3 Å². The normalized spacial score (nSPS) is 10.4. The Bertz CT molecular complexity index is 979. The van der Waals surface area contributed by atoms with E-state index in [-0.39, 0.29) is 23.5 Å². The van der Waals surface area contributed by atoms with Gasteiger partial charge >= 0.3 is 5.97 Å². The number of carboxylic acid groups (broad SMARTS) is 1. The van der Waals surface area contributed by atoms with Crippen molar-refractivity contribution >= 4 is 29.7 Å². The lowest BCUT2D eigenvalue weighted by molar-refractivity contribution is -0.137. The van der Waals surface area contributed by atoms with E-state index in [1.165, 1.54) is 13.0 Å². The maximum Gasteiger partial charge on any atom is 0.322 e. The number of carboxylic acids is 1. The van der Waals surface area contributed by atoms with Crippen molar-refractivity contribution in [1.82, 2.24) is 5.32 Å². The highest BCUT2D eigenvalue weighted by molar-refractivity contribution is 6.01. The molecule has 0 aliphatic rings. The van der Waals surface area contributed by atoms with Gasteiger partial charge in [-0.1, -0.05) is 30.3 Å². The topological polar surface area (TPSA) is 160 Å². The summed E-state index contributed by atoms with van der Waals surface area (Å²) < 4.78 is 0. The van der Waals surface area contributed by atoms with Crippen molar-refractivity contribution in [2.45, 2.75) is 13.5 Å². The van der Waals surface area contributed by atoms with Gasteiger partial charge in [0, 0.05) is 5.56 Å². The largest absolute Gasteiger partial charge is 0.507 e. The molecule has 2 amide bonds. The number of aliphatic hydroxyl groups excluding tert-OH is 2. The maximum absolute atomic E-state index is 11.6. The molecule has 2 aromatic rings. The van der Waals surface area contributed by atoms with Crippen molar-refractivity contribution < 1.29 is 29.7 Å². The molecule has 0 heterocycles.